The molecule has 0 saturated carbocycles. The Morgan fingerprint density at radius 2 is 1.77 bits per heavy atom. The molecule has 1 aliphatic heterocycles. The van der Waals surface area contributed by atoms with Crippen molar-refractivity contribution in [3.8, 4) is 5.69 Å². The van der Waals surface area contributed by atoms with Gasteiger partial charge >= 0.3 is 0 Å². The number of primary amides is 1. The number of nitrogens with two attached hydrogens (primary N) is 1. The molecule has 1 fully saturated rings. The molecule has 31 heavy (non-hydrogen) atoms. The number of carbonyl (C=O) groups is 2. The minimum Gasteiger partial charge on any atom is -0.438 e. The lowest BCUT2D eigenvalue weighted by atomic mass is 10.2. The summed E-state index contributed by atoms with van der Waals surface area (Å²) in [5, 5.41) is 4.34. The standard InChI is InChI=1S/C19H18ClN5O5S/c20-14-3-1-2-4-15(14)25-12-13(11-22-25)19(27)23-7-9-24(10-8-23)31(28,29)17-6-5-16(30-17)18(21)26/h1-6,11-12H,7-10H2,(H2,21,26). The number of carbonyl (C=O) groups excluding carboxylic acids is 2. The van der Waals surface area contributed by atoms with E-state index in [1.165, 1.54) is 27.3 Å². The molecule has 2 amide bonds. The van der Waals surface area contributed by atoms with Crippen LogP contribution in [0.5, 0.6) is 0 Å². The van der Waals surface area contributed by atoms with Gasteiger partial charge in [0.05, 0.1) is 22.5 Å². The first kappa shape index (κ1) is 21.1. The van der Waals surface area contributed by atoms with E-state index in [9.17, 15) is 18.0 Å². The van der Waals surface area contributed by atoms with Crippen LogP contribution in [-0.2, 0) is 10.0 Å². The van der Waals surface area contributed by atoms with Crippen LogP contribution >= 0.6 is 11.6 Å². The fraction of sp³-hybridized carbons (Fsp3) is 0.211. The summed E-state index contributed by atoms with van der Waals surface area (Å²) in [6.45, 7) is 0.552. The summed E-state index contributed by atoms with van der Waals surface area (Å²) in [7, 11) is -3.94. The number of furan rings is 1. The highest BCUT2D eigenvalue weighted by Gasteiger charge is 2.33. The average molecular weight is 464 g/mol. The number of halogens is 1. The highest BCUT2D eigenvalue weighted by molar-refractivity contribution is 7.89. The molecule has 2 N–H and O–H groups in total. The Morgan fingerprint density at radius 1 is 1.06 bits per heavy atom. The lowest BCUT2D eigenvalue weighted by Crippen LogP contribution is -2.50. The van der Waals surface area contributed by atoms with E-state index in [-0.39, 0.29) is 42.9 Å². The molecule has 1 aliphatic rings. The summed E-state index contributed by atoms with van der Waals surface area (Å²) in [5.74, 6) is -1.35. The number of piperazine rings is 1. The Bertz CT molecular complexity index is 1240. The molecular weight excluding hydrogens is 446 g/mol. The summed E-state index contributed by atoms with van der Waals surface area (Å²) >= 11 is 6.17. The van der Waals surface area contributed by atoms with E-state index < -0.39 is 15.9 Å². The molecule has 0 aliphatic carbocycles. The predicted molar refractivity (Wildman–Crippen MR) is 110 cm³/mol. The van der Waals surface area contributed by atoms with E-state index in [1.807, 2.05) is 6.07 Å². The van der Waals surface area contributed by atoms with Gasteiger partial charge in [0.25, 0.3) is 21.8 Å². The third kappa shape index (κ3) is 4.07. The van der Waals surface area contributed by atoms with Gasteiger partial charge in [-0.1, -0.05) is 23.7 Å². The Morgan fingerprint density at radius 3 is 2.42 bits per heavy atom. The first-order chi connectivity index (χ1) is 14.8. The molecule has 1 aromatic carbocycles. The predicted octanol–water partition coefficient (Wildman–Crippen LogP) is 1.36. The summed E-state index contributed by atoms with van der Waals surface area (Å²) in [4.78, 5) is 25.5. The van der Waals surface area contributed by atoms with Gasteiger partial charge in [0.15, 0.2) is 5.76 Å². The number of sulfonamides is 1. The maximum Gasteiger partial charge on any atom is 0.284 e. The molecule has 12 heteroatoms. The molecule has 0 atom stereocenters. The van der Waals surface area contributed by atoms with Crippen molar-refractivity contribution in [3.05, 3.63) is 65.1 Å². The summed E-state index contributed by atoms with van der Waals surface area (Å²) in [5.41, 5.74) is 6.12. The van der Waals surface area contributed by atoms with Gasteiger partial charge < -0.3 is 15.1 Å². The van der Waals surface area contributed by atoms with Crippen LogP contribution in [0.3, 0.4) is 0 Å². The Kier molecular flexibility index (Phi) is 5.56. The van der Waals surface area contributed by atoms with Gasteiger partial charge in [-0.15, -0.1) is 0 Å². The van der Waals surface area contributed by atoms with E-state index in [1.54, 1.807) is 29.3 Å². The molecule has 4 rings (SSSR count). The fourth-order valence-corrected chi connectivity index (χ4v) is 4.79. The fourth-order valence-electron chi connectivity index (χ4n) is 3.24. The van der Waals surface area contributed by atoms with Crippen molar-refractivity contribution in [3.63, 3.8) is 0 Å². The van der Waals surface area contributed by atoms with E-state index in [0.29, 0.717) is 16.3 Å². The molecule has 3 aromatic rings. The minimum atomic E-state index is -3.94. The molecule has 10 nitrogen and oxygen atoms in total. The second kappa shape index (κ2) is 8.17. The van der Waals surface area contributed by atoms with Gasteiger partial charge in [0.2, 0.25) is 5.09 Å². The van der Waals surface area contributed by atoms with Crippen molar-refractivity contribution >= 4 is 33.4 Å². The van der Waals surface area contributed by atoms with Gasteiger partial charge in [-0.2, -0.15) is 9.40 Å². The van der Waals surface area contributed by atoms with Crippen LogP contribution < -0.4 is 5.73 Å². The molecule has 0 unspecified atom stereocenters. The summed E-state index contributed by atoms with van der Waals surface area (Å²) in [6, 6.07) is 9.53. The number of hydrogen-bond acceptors (Lipinski definition) is 6. The Balaban J connectivity index is 1.43. The van der Waals surface area contributed by atoms with Crippen LogP contribution in [-0.4, -0.2) is 65.4 Å². The third-order valence-corrected chi connectivity index (χ3v) is 6.97. The van der Waals surface area contributed by atoms with Crippen molar-refractivity contribution < 1.29 is 22.4 Å². The van der Waals surface area contributed by atoms with Gasteiger partial charge in [-0.25, -0.2) is 13.1 Å². The molecule has 0 spiro atoms. The average Bonchev–Trinajstić information content (AvgIpc) is 3.44. The lowest BCUT2D eigenvalue weighted by Gasteiger charge is -2.33. The second-order valence-corrected chi connectivity index (χ2v) is 9.08. The number of rotatable bonds is 5. The van der Waals surface area contributed by atoms with Crippen molar-refractivity contribution in [2.45, 2.75) is 5.09 Å². The molecular formula is C19H18ClN5O5S. The topological polar surface area (TPSA) is 132 Å². The van der Waals surface area contributed by atoms with E-state index >= 15 is 0 Å². The largest absolute Gasteiger partial charge is 0.438 e. The maximum atomic E-state index is 12.8. The second-order valence-electron chi connectivity index (χ2n) is 6.80. The quantitative estimate of drug-likeness (QED) is 0.607. The van der Waals surface area contributed by atoms with E-state index in [0.717, 1.165) is 0 Å². The zero-order valence-electron chi connectivity index (χ0n) is 16.1. The third-order valence-electron chi connectivity index (χ3n) is 4.87. The van der Waals surface area contributed by atoms with Crippen LogP contribution in [0.25, 0.3) is 5.69 Å². The van der Waals surface area contributed by atoms with E-state index in [2.05, 4.69) is 5.10 Å². The molecule has 1 saturated heterocycles. The van der Waals surface area contributed by atoms with Gasteiger partial charge in [-0.05, 0) is 24.3 Å². The number of para-hydroxylation sites is 1. The first-order valence-electron chi connectivity index (χ1n) is 9.26. The van der Waals surface area contributed by atoms with Gasteiger partial charge in [0.1, 0.15) is 0 Å². The first-order valence-corrected chi connectivity index (χ1v) is 11.1. The number of hydrogen-bond donors (Lipinski definition) is 1. The van der Waals surface area contributed by atoms with Crippen molar-refractivity contribution in [1.29, 1.82) is 0 Å². The monoisotopic (exact) mass is 463 g/mol. The van der Waals surface area contributed by atoms with Crippen molar-refractivity contribution in [2.75, 3.05) is 26.2 Å². The summed E-state index contributed by atoms with van der Waals surface area (Å²) < 4.78 is 33.2. The van der Waals surface area contributed by atoms with Gasteiger partial charge in [-0.3, -0.25) is 9.59 Å². The molecule has 2 aromatic heterocycles. The molecule has 0 radical (unpaired) electrons. The molecule has 162 valence electrons. The van der Waals surface area contributed by atoms with Crippen molar-refractivity contribution in [1.82, 2.24) is 19.0 Å². The number of amides is 2. The van der Waals surface area contributed by atoms with E-state index in [4.69, 9.17) is 21.8 Å². The number of benzene rings is 1. The van der Waals surface area contributed by atoms with Crippen LogP contribution in [0.1, 0.15) is 20.9 Å². The zero-order chi connectivity index (χ0) is 22.2. The minimum absolute atomic E-state index is 0.0827. The van der Waals surface area contributed by atoms with Crippen LogP contribution in [0.15, 0.2) is 58.3 Å². The molecule has 0 bridgehead atoms. The summed E-state index contributed by atoms with van der Waals surface area (Å²) in [6.07, 6.45) is 3.03. The molecule has 3 heterocycles. The Labute approximate surface area is 182 Å². The zero-order valence-corrected chi connectivity index (χ0v) is 17.7. The lowest BCUT2D eigenvalue weighted by molar-refractivity contribution is 0.0696. The smallest absolute Gasteiger partial charge is 0.284 e. The van der Waals surface area contributed by atoms with Crippen molar-refractivity contribution in [2.24, 2.45) is 5.73 Å². The van der Waals surface area contributed by atoms with Crippen LogP contribution in [0, 0.1) is 0 Å². The normalized spacial score (nSPS) is 15.2. The maximum absolute atomic E-state index is 12.8. The van der Waals surface area contributed by atoms with Crippen LogP contribution in [0.2, 0.25) is 5.02 Å². The highest BCUT2D eigenvalue weighted by Crippen LogP contribution is 2.22. The van der Waals surface area contributed by atoms with Gasteiger partial charge in [0, 0.05) is 32.4 Å². The SMILES string of the molecule is NC(=O)c1ccc(S(=O)(=O)N2CCN(C(=O)c3cnn(-c4ccccc4Cl)c3)CC2)o1. The number of nitrogens with zero attached hydrogens (tertiary/aromatic N) is 4. The number of aromatic nitrogens is 2. The van der Waals surface area contributed by atoms with Crippen LogP contribution in [0.4, 0.5) is 0 Å². The Hall–Kier alpha value is -3.15. The highest BCUT2D eigenvalue weighted by atomic mass is 35.5.